The van der Waals surface area contributed by atoms with Crippen molar-refractivity contribution in [2.45, 2.75) is 59.4 Å². The summed E-state index contributed by atoms with van der Waals surface area (Å²) in [4.78, 5) is 24.9. The third kappa shape index (κ3) is 9.54. The van der Waals surface area contributed by atoms with Crippen LogP contribution in [0.3, 0.4) is 0 Å². The molecule has 1 unspecified atom stereocenters. The maximum Gasteiger partial charge on any atom is 0.224 e. The summed E-state index contributed by atoms with van der Waals surface area (Å²) >= 11 is 0. The van der Waals surface area contributed by atoms with Gasteiger partial charge in [-0.25, -0.2) is 0 Å². The third-order valence-corrected chi connectivity index (χ3v) is 5.24. The summed E-state index contributed by atoms with van der Waals surface area (Å²) in [5.74, 6) is 1.53. The van der Waals surface area contributed by atoms with Crippen LogP contribution in [0.25, 0.3) is 0 Å². The van der Waals surface area contributed by atoms with Gasteiger partial charge in [-0.05, 0) is 41.5 Å². The Bertz CT molecular complexity index is 819. The SMILES string of the molecule is CCCC(C)COc1ccc([C@H](CNC(=O)CC(C)C)NC(=O)Cc2ccccc2)cc1. The van der Waals surface area contributed by atoms with Crippen LogP contribution in [0.5, 0.6) is 5.75 Å². The van der Waals surface area contributed by atoms with Crippen molar-refractivity contribution in [1.82, 2.24) is 10.6 Å². The van der Waals surface area contributed by atoms with Gasteiger partial charge in [0, 0.05) is 13.0 Å². The van der Waals surface area contributed by atoms with Gasteiger partial charge in [-0.1, -0.05) is 76.6 Å². The van der Waals surface area contributed by atoms with Crippen molar-refractivity contribution in [2.75, 3.05) is 13.2 Å². The van der Waals surface area contributed by atoms with E-state index in [1.54, 1.807) is 0 Å². The van der Waals surface area contributed by atoms with Crippen molar-refractivity contribution in [3.05, 3.63) is 65.7 Å². The van der Waals surface area contributed by atoms with Crippen LogP contribution in [0, 0.1) is 11.8 Å². The zero-order valence-electron chi connectivity index (χ0n) is 19.9. The highest BCUT2D eigenvalue weighted by Gasteiger charge is 2.17. The number of ether oxygens (including phenoxy) is 1. The minimum Gasteiger partial charge on any atom is -0.493 e. The molecule has 2 atom stereocenters. The average molecular weight is 439 g/mol. The zero-order chi connectivity index (χ0) is 23.3. The molecule has 2 aromatic rings. The van der Waals surface area contributed by atoms with Gasteiger partial charge in [-0.3, -0.25) is 9.59 Å². The summed E-state index contributed by atoms with van der Waals surface area (Å²) in [5, 5.41) is 6.05. The number of hydrogen-bond donors (Lipinski definition) is 2. The van der Waals surface area contributed by atoms with Crippen molar-refractivity contribution < 1.29 is 14.3 Å². The summed E-state index contributed by atoms with van der Waals surface area (Å²) < 4.78 is 5.90. The molecule has 2 N–H and O–H groups in total. The van der Waals surface area contributed by atoms with E-state index >= 15 is 0 Å². The summed E-state index contributed by atoms with van der Waals surface area (Å²) in [5.41, 5.74) is 1.89. The lowest BCUT2D eigenvalue weighted by molar-refractivity contribution is -0.123. The molecule has 2 aromatic carbocycles. The largest absolute Gasteiger partial charge is 0.493 e. The molecule has 32 heavy (non-hydrogen) atoms. The van der Waals surface area contributed by atoms with Crippen LogP contribution in [0.4, 0.5) is 0 Å². The second kappa shape index (κ2) is 13.6. The number of carbonyl (C=O) groups excluding carboxylic acids is 2. The first-order chi connectivity index (χ1) is 15.4. The average Bonchev–Trinajstić information content (AvgIpc) is 2.76. The van der Waals surface area contributed by atoms with Crippen LogP contribution in [0.1, 0.15) is 64.1 Å². The Balaban J connectivity index is 2.03. The normalized spacial score (nSPS) is 12.8. The van der Waals surface area contributed by atoms with Crippen molar-refractivity contribution >= 4 is 11.8 Å². The highest BCUT2D eigenvalue weighted by molar-refractivity contribution is 5.79. The van der Waals surface area contributed by atoms with Crippen molar-refractivity contribution in [2.24, 2.45) is 11.8 Å². The molecule has 0 aliphatic heterocycles. The number of rotatable bonds is 13. The van der Waals surface area contributed by atoms with E-state index < -0.39 is 0 Å². The highest BCUT2D eigenvalue weighted by atomic mass is 16.5. The van der Waals surface area contributed by atoms with E-state index in [-0.39, 0.29) is 23.8 Å². The molecule has 0 heterocycles. The predicted molar refractivity (Wildman–Crippen MR) is 130 cm³/mol. The standard InChI is InChI=1S/C27H38N2O3/c1-5-9-21(4)19-32-24-14-12-23(13-15-24)25(18-28-26(30)16-20(2)3)29-27(31)17-22-10-7-6-8-11-22/h6-8,10-15,20-21,25H,5,9,16-19H2,1-4H3,(H,28,30)(H,29,31)/t21?,25-/m0/s1. The molecule has 0 aliphatic rings. The molecular weight excluding hydrogens is 400 g/mol. The highest BCUT2D eigenvalue weighted by Crippen LogP contribution is 2.19. The van der Waals surface area contributed by atoms with Gasteiger partial charge in [0.25, 0.3) is 0 Å². The fraction of sp³-hybridized carbons (Fsp3) is 0.481. The van der Waals surface area contributed by atoms with Gasteiger partial charge in [0.15, 0.2) is 0 Å². The van der Waals surface area contributed by atoms with E-state index in [1.807, 2.05) is 68.4 Å². The number of nitrogens with one attached hydrogen (secondary N) is 2. The van der Waals surface area contributed by atoms with E-state index in [1.165, 1.54) is 0 Å². The third-order valence-electron chi connectivity index (χ3n) is 5.24. The topological polar surface area (TPSA) is 67.4 Å². The summed E-state index contributed by atoms with van der Waals surface area (Å²) in [6.07, 6.45) is 3.06. The molecular formula is C27H38N2O3. The Morgan fingerprint density at radius 3 is 2.25 bits per heavy atom. The van der Waals surface area contributed by atoms with Crippen LogP contribution < -0.4 is 15.4 Å². The lowest BCUT2D eigenvalue weighted by Gasteiger charge is -2.21. The Labute approximate surface area is 192 Å². The van der Waals surface area contributed by atoms with E-state index in [0.717, 1.165) is 29.7 Å². The molecule has 5 heteroatoms. The first kappa shape index (κ1) is 25.4. The lowest BCUT2D eigenvalue weighted by atomic mass is 10.0. The van der Waals surface area contributed by atoms with Gasteiger partial charge in [-0.2, -0.15) is 0 Å². The maximum atomic E-state index is 12.7. The van der Waals surface area contributed by atoms with Crippen molar-refractivity contribution in [3.63, 3.8) is 0 Å². The molecule has 0 radical (unpaired) electrons. The van der Waals surface area contributed by atoms with Crippen LogP contribution in [0.2, 0.25) is 0 Å². The Morgan fingerprint density at radius 2 is 1.62 bits per heavy atom. The second-order valence-corrected chi connectivity index (χ2v) is 8.96. The van der Waals surface area contributed by atoms with Gasteiger partial charge in [0.05, 0.1) is 19.1 Å². The van der Waals surface area contributed by atoms with Crippen LogP contribution in [-0.4, -0.2) is 25.0 Å². The molecule has 2 rings (SSSR count). The Kier molecular flexibility index (Phi) is 10.8. The number of hydrogen-bond acceptors (Lipinski definition) is 3. The van der Waals surface area contributed by atoms with Gasteiger partial charge in [-0.15, -0.1) is 0 Å². The van der Waals surface area contributed by atoms with E-state index in [4.69, 9.17) is 4.74 Å². The number of carbonyl (C=O) groups is 2. The van der Waals surface area contributed by atoms with Crippen molar-refractivity contribution in [3.8, 4) is 5.75 Å². The Morgan fingerprint density at radius 1 is 0.938 bits per heavy atom. The van der Waals surface area contributed by atoms with Gasteiger partial charge < -0.3 is 15.4 Å². The molecule has 0 aromatic heterocycles. The van der Waals surface area contributed by atoms with E-state index in [2.05, 4.69) is 24.5 Å². The monoisotopic (exact) mass is 438 g/mol. The minimum atomic E-state index is -0.310. The quantitative estimate of drug-likeness (QED) is 0.459. The number of benzene rings is 2. The molecule has 0 aliphatic carbocycles. The molecule has 0 saturated carbocycles. The first-order valence-corrected chi connectivity index (χ1v) is 11.7. The molecule has 0 saturated heterocycles. The molecule has 0 spiro atoms. The molecule has 0 fully saturated rings. The summed E-state index contributed by atoms with van der Waals surface area (Å²) in [6, 6.07) is 17.1. The fourth-order valence-electron chi connectivity index (χ4n) is 3.55. The van der Waals surface area contributed by atoms with Crippen molar-refractivity contribution in [1.29, 1.82) is 0 Å². The number of amides is 2. The fourth-order valence-corrected chi connectivity index (χ4v) is 3.55. The van der Waals surface area contributed by atoms with E-state index in [9.17, 15) is 9.59 Å². The molecule has 174 valence electrons. The molecule has 5 nitrogen and oxygen atoms in total. The lowest BCUT2D eigenvalue weighted by Crippen LogP contribution is -2.38. The van der Waals surface area contributed by atoms with Gasteiger partial charge in [0.1, 0.15) is 5.75 Å². The van der Waals surface area contributed by atoms with Crippen LogP contribution in [-0.2, 0) is 16.0 Å². The maximum absolute atomic E-state index is 12.7. The van der Waals surface area contributed by atoms with Gasteiger partial charge >= 0.3 is 0 Å². The molecule has 0 bridgehead atoms. The smallest absolute Gasteiger partial charge is 0.224 e. The van der Waals surface area contributed by atoms with Gasteiger partial charge in [0.2, 0.25) is 11.8 Å². The summed E-state index contributed by atoms with van der Waals surface area (Å²) in [6.45, 7) is 9.43. The van der Waals surface area contributed by atoms with E-state index in [0.29, 0.717) is 31.9 Å². The van der Waals surface area contributed by atoms with Crippen LogP contribution in [0.15, 0.2) is 54.6 Å². The minimum absolute atomic E-state index is 0.00725. The second-order valence-electron chi connectivity index (χ2n) is 8.96. The first-order valence-electron chi connectivity index (χ1n) is 11.7. The molecule has 2 amide bonds. The Hall–Kier alpha value is -2.82. The zero-order valence-corrected chi connectivity index (χ0v) is 19.9. The van der Waals surface area contributed by atoms with Crippen LogP contribution >= 0.6 is 0 Å². The summed E-state index contributed by atoms with van der Waals surface area (Å²) in [7, 11) is 0. The predicted octanol–water partition coefficient (Wildman–Crippen LogP) is 5.06.